The van der Waals surface area contributed by atoms with Gasteiger partial charge < -0.3 is 4.98 Å². The van der Waals surface area contributed by atoms with Gasteiger partial charge in [0, 0.05) is 18.0 Å². The molecule has 0 aliphatic rings. The lowest BCUT2D eigenvalue weighted by Crippen LogP contribution is -1.82. The molecular formula is C10H8N4. The minimum absolute atomic E-state index is 0.425. The average Bonchev–Trinajstić information content (AvgIpc) is 2.61. The topological polar surface area (TPSA) is 65.4 Å². The van der Waals surface area contributed by atoms with Crippen LogP contribution in [0, 0.1) is 18.3 Å². The Labute approximate surface area is 81.3 Å². The zero-order valence-corrected chi connectivity index (χ0v) is 7.65. The number of pyridine rings is 1. The number of nitrogens with one attached hydrogen (secondary N) is 1. The van der Waals surface area contributed by atoms with Crippen LogP contribution in [0.4, 0.5) is 0 Å². The molecule has 0 spiro atoms. The average molecular weight is 184 g/mol. The number of aromatic nitrogens is 3. The van der Waals surface area contributed by atoms with Crippen LogP contribution in [0.2, 0.25) is 0 Å². The van der Waals surface area contributed by atoms with Crippen molar-refractivity contribution in [3.05, 3.63) is 36.0 Å². The summed E-state index contributed by atoms with van der Waals surface area (Å²) in [4.78, 5) is 11.0. The predicted molar refractivity (Wildman–Crippen MR) is 51.3 cm³/mol. The third-order valence-electron chi connectivity index (χ3n) is 1.90. The lowest BCUT2D eigenvalue weighted by atomic mass is 10.2. The number of H-pyrrole nitrogens is 1. The Morgan fingerprint density at radius 1 is 1.36 bits per heavy atom. The van der Waals surface area contributed by atoms with E-state index >= 15 is 0 Å². The zero-order valence-electron chi connectivity index (χ0n) is 7.65. The molecule has 1 N–H and O–H groups in total. The van der Waals surface area contributed by atoms with Gasteiger partial charge >= 0.3 is 0 Å². The Morgan fingerprint density at radius 2 is 2.07 bits per heavy atom. The second kappa shape index (κ2) is 3.30. The molecule has 0 aliphatic heterocycles. The minimum Gasteiger partial charge on any atom is -0.341 e. The van der Waals surface area contributed by atoms with Gasteiger partial charge in [0.15, 0.2) is 5.69 Å². The van der Waals surface area contributed by atoms with E-state index in [0.29, 0.717) is 5.69 Å². The van der Waals surface area contributed by atoms with Gasteiger partial charge in [0.1, 0.15) is 11.9 Å². The quantitative estimate of drug-likeness (QED) is 0.732. The SMILES string of the molecule is Cc1nc(C#N)c(-c2ccncc2)[nH]1. The first-order valence-corrected chi connectivity index (χ1v) is 4.18. The van der Waals surface area contributed by atoms with E-state index in [9.17, 15) is 0 Å². The molecule has 0 bridgehead atoms. The van der Waals surface area contributed by atoms with Crippen LogP contribution in [0.3, 0.4) is 0 Å². The Balaban J connectivity index is 2.58. The van der Waals surface area contributed by atoms with Crippen LogP contribution >= 0.6 is 0 Å². The summed E-state index contributed by atoms with van der Waals surface area (Å²) < 4.78 is 0. The molecule has 0 amide bonds. The van der Waals surface area contributed by atoms with E-state index < -0.39 is 0 Å². The Kier molecular flexibility index (Phi) is 1.99. The van der Waals surface area contributed by atoms with Crippen LogP contribution in [-0.2, 0) is 0 Å². The molecule has 2 aromatic heterocycles. The maximum absolute atomic E-state index is 8.84. The van der Waals surface area contributed by atoms with Gasteiger partial charge in [-0.05, 0) is 19.1 Å². The molecule has 0 radical (unpaired) electrons. The summed E-state index contributed by atoms with van der Waals surface area (Å²) in [7, 11) is 0. The van der Waals surface area contributed by atoms with Crippen LogP contribution in [0.15, 0.2) is 24.5 Å². The summed E-state index contributed by atoms with van der Waals surface area (Å²) in [6.07, 6.45) is 3.37. The van der Waals surface area contributed by atoms with Crippen LogP contribution < -0.4 is 0 Å². The fourth-order valence-corrected chi connectivity index (χ4v) is 1.30. The van der Waals surface area contributed by atoms with Gasteiger partial charge in [0.05, 0.1) is 5.69 Å². The van der Waals surface area contributed by atoms with Crippen LogP contribution in [-0.4, -0.2) is 15.0 Å². The molecule has 2 aromatic rings. The summed E-state index contributed by atoms with van der Waals surface area (Å²) in [6.45, 7) is 1.82. The van der Waals surface area contributed by atoms with Crippen molar-refractivity contribution in [2.24, 2.45) is 0 Å². The highest BCUT2D eigenvalue weighted by Gasteiger charge is 2.08. The number of hydrogen-bond donors (Lipinski definition) is 1. The molecule has 0 aromatic carbocycles. The molecule has 4 heteroatoms. The smallest absolute Gasteiger partial charge is 0.166 e. The van der Waals surface area contributed by atoms with Gasteiger partial charge in [-0.25, -0.2) is 4.98 Å². The third-order valence-corrected chi connectivity index (χ3v) is 1.90. The number of aryl methyl sites for hydroxylation is 1. The van der Waals surface area contributed by atoms with Crippen molar-refractivity contribution in [1.29, 1.82) is 5.26 Å². The number of nitrogens with zero attached hydrogens (tertiary/aromatic N) is 3. The number of rotatable bonds is 1. The van der Waals surface area contributed by atoms with Gasteiger partial charge in [-0.2, -0.15) is 5.26 Å². The van der Waals surface area contributed by atoms with E-state index in [1.165, 1.54) is 0 Å². The van der Waals surface area contributed by atoms with Gasteiger partial charge in [0.2, 0.25) is 0 Å². The third kappa shape index (κ3) is 1.36. The first kappa shape index (κ1) is 8.45. The van der Waals surface area contributed by atoms with E-state index in [4.69, 9.17) is 5.26 Å². The number of imidazole rings is 1. The molecule has 4 nitrogen and oxygen atoms in total. The van der Waals surface area contributed by atoms with E-state index in [2.05, 4.69) is 21.0 Å². The number of hydrogen-bond acceptors (Lipinski definition) is 3. The molecular weight excluding hydrogens is 176 g/mol. The molecule has 0 aliphatic carbocycles. The molecule has 2 rings (SSSR count). The molecule has 0 unspecified atom stereocenters. The van der Waals surface area contributed by atoms with Crippen molar-refractivity contribution in [2.45, 2.75) is 6.92 Å². The molecule has 0 atom stereocenters. The van der Waals surface area contributed by atoms with Gasteiger partial charge in [-0.3, -0.25) is 4.98 Å². The Hall–Kier alpha value is -2.15. The standard InChI is InChI=1S/C10H8N4/c1-7-13-9(6-11)10(14-7)8-2-4-12-5-3-8/h2-5H,1H3,(H,13,14). The number of nitriles is 1. The first-order valence-electron chi connectivity index (χ1n) is 4.18. The monoisotopic (exact) mass is 184 g/mol. The Bertz CT molecular complexity index is 479. The molecule has 14 heavy (non-hydrogen) atoms. The number of aromatic amines is 1. The van der Waals surface area contributed by atoms with Crippen LogP contribution in [0.5, 0.6) is 0 Å². The highest BCUT2D eigenvalue weighted by molar-refractivity contribution is 5.64. The zero-order chi connectivity index (χ0) is 9.97. The molecule has 0 saturated carbocycles. The highest BCUT2D eigenvalue weighted by Crippen LogP contribution is 2.19. The summed E-state index contributed by atoms with van der Waals surface area (Å²) in [5.41, 5.74) is 2.11. The minimum atomic E-state index is 0.425. The second-order valence-corrected chi connectivity index (χ2v) is 2.89. The summed E-state index contributed by atoms with van der Waals surface area (Å²) in [6, 6.07) is 5.73. The predicted octanol–water partition coefficient (Wildman–Crippen LogP) is 1.65. The molecule has 68 valence electrons. The van der Waals surface area contributed by atoms with Crippen molar-refractivity contribution < 1.29 is 0 Å². The van der Waals surface area contributed by atoms with E-state index in [0.717, 1.165) is 17.1 Å². The lowest BCUT2D eigenvalue weighted by molar-refractivity contribution is 1.14. The summed E-state index contributed by atoms with van der Waals surface area (Å²) >= 11 is 0. The van der Waals surface area contributed by atoms with E-state index in [1.807, 2.05) is 19.1 Å². The maximum Gasteiger partial charge on any atom is 0.166 e. The molecule has 2 heterocycles. The van der Waals surface area contributed by atoms with Crippen LogP contribution in [0.1, 0.15) is 11.5 Å². The Morgan fingerprint density at radius 3 is 2.71 bits per heavy atom. The summed E-state index contributed by atoms with van der Waals surface area (Å²) in [5, 5.41) is 8.84. The van der Waals surface area contributed by atoms with E-state index in [-0.39, 0.29) is 0 Å². The molecule has 0 fully saturated rings. The second-order valence-electron chi connectivity index (χ2n) is 2.89. The van der Waals surface area contributed by atoms with Crippen molar-refractivity contribution in [3.63, 3.8) is 0 Å². The van der Waals surface area contributed by atoms with Gasteiger partial charge in [-0.15, -0.1) is 0 Å². The lowest BCUT2D eigenvalue weighted by Gasteiger charge is -1.95. The maximum atomic E-state index is 8.84. The van der Waals surface area contributed by atoms with Crippen molar-refractivity contribution in [3.8, 4) is 17.3 Å². The van der Waals surface area contributed by atoms with Crippen molar-refractivity contribution >= 4 is 0 Å². The largest absolute Gasteiger partial charge is 0.341 e. The molecule has 0 saturated heterocycles. The van der Waals surface area contributed by atoms with Crippen LogP contribution in [0.25, 0.3) is 11.3 Å². The van der Waals surface area contributed by atoms with Gasteiger partial charge in [-0.1, -0.05) is 0 Å². The van der Waals surface area contributed by atoms with Crippen molar-refractivity contribution in [2.75, 3.05) is 0 Å². The van der Waals surface area contributed by atoms with Crippen molar-refractivity contribution in [1.82, 2.24) is 15.0 Å². The summed E-state index contributed by atoms with van der Waals surface area (Å²) in [5.74, 6) is 0.744. The van der Waals surface area contributed by atoms with Gasteiger partial charge in [0.25, 0.3) is 0 Å². The fraction of sp³-hybridized carbons (Fsp3) is 0.100. The fourth-order valence-electron chi connectivity index (χ4n) is 1.30. The normalized spacial score (nSPS) is 9.71. The highest BCUT2D eigenvalue weighted by atomic mass is 14.9. The van der Waals surface area contributed by atoms with E-state index in [1.54, 1.807) is 12.4 Å². The first-order chi connectivity index (χ1) is 6.81.